The molecule has 0 heterocycles. The van der Waals surface area contributed by atoms with Crippen LogP contribution in [-0.4, -0.2) is 43.3 Å². The van der Waals surface area contributed by atoms with Crippen LogP contribution >= 0.6 is 34.8 Å². The highest BCUT2D eigenvalue weighted by Gasteiger charge is 2.30. The molecule has 0 N–H and O–H groups in total. The summed E-state index contributed by atoms with van der Waals surface area (Å²) < 4.78 is 18.2. The van der Waals surface area contributed by atoms with Crippen LogP contribution in [0.25, 0.3) is 0 Å². The zero-order valence-corrected chi connectivity index (χ0v) is 19.3. The summed E-state index contributed by atoms with van der Waals surface area (Å²) >= 11 is 17.3. The third kappa shape index (κ3) is 15.0. The van der Waals surface area contributed by atoms with Gasteiger partial charge in [0.2, 0.25) is 0 Å². The predicted octanol–water partition coefficient (Wildman–Crippen LogP) is 6.91. The molecular weight excluding hydrogens is 417 g/mol. The van der Waals surface area contributed by atoms with Gasteiger partial charge in [-0.3, -0.25) is 0 Å². The van der Waals surface area contributed by atoms with Crippen molar-refractivity contribution in [3.63, 3.8) is 0 Å². The van der Waals surface area contributed by atoms with E-state index in [1.165, 1.54) is 0 Å². The monoisotopic (exact) mass is 452 g/mol. The van der Waals surface area contributed by atoms with Crippen LogP contribution in [0, 0.1) is 0 Å². The Morgan fingerprint density at radius 2 is 0.857 bits per heavy atom. The highest BCUT2D eigenvalue weighted by Crippen LogP contribution is 2.17. The Bertz CT molecular complexity index is 342. The fraction of sp³-hybridized carbons (Fsp3) is 0.714. The lowest BCUT2D eigenvalue weighted by Gasteiger charge is -2.26. The minimum Gasteiger partial charge on any atom is -0.380 e. The van der Waals surface area contributed by atoms with Crippen LogP contribution in [-0.2, 0) is 14.0 Å². The number of alkyl halides is 3. The summed E-state index contributed by atoms with van der Waals surface area (Å²) in [5, 5.41) is 0. The lowest BCUT2D eigenvalue weighted by Crippen LogP contribution is -2.37. The molecule has 3 atom stereocenters. The second-order valence-electron chi connectivity index (χ2n) is 6.57. The van der Waals surface area contributed by atoms with E-state index in [0.717, 1.165) is 57.8 Å². The average molecular weight is 454 g/mol. The van der Waals surface area contributed by atoms with E-state index in [0.29, 0.717) is 17.6 Å². The highest BCUT2D eigenvalue weighted by atomic mass is 35.5. The molecule has 0 bridgehead atoms. The van der Waals surface area contributed by atoms with Gasteiger partial charge in [-0.05, 0) is 57.8 Å². The zero-order chi connectivity index (χ0) is 21.0. The predicted molar refractivity (Wildman–Crippen MR) is 125 cm³/mol. The molecular formula is C21H36BCl3O3. The summed E-state index contributed by atoms with van der Waals surface area (Å²) in [7, 11) is -0.822. The minimum atomic E-state index is -0.822. The second kappa shape index (κ2) is 20.3. The molecule has 28 heavy (non-hydrogen) atoms. The molecule has 0 aliphatic rings. The van der Waals surface area contributed by atoms with Crippen LogP contribution in [0.5, 0.6) is 0 Å². The summed E-state index contributed by atoms with van der Waals surface area (Å²) in [6.07, 6.45) is 12.9. The average Bonchev–Trinajstić information content (AvgIpc) is 2.71. The van der Waals surface area contributed by atoms with Gasteiger partial charge in [0.25, 0.3) is 0 Å². The van der Waals surface area contributed by atoms with Crippen molar-refractivity contribution in [3.05, 3.63) is 38.0 Å². The van der Waals surface area contributed by atoms with Crippen LogP contribution < -0.4 is 0 Å². The first-order valence-corrected chi connectivity index (χ1v) is 11.8. The Balaban J connectivity index is 4.91. The third-order valence-corrected chi connectivity index (χ3v) is 5.06. The topological polar surface area (TPSA) is 27.7 Å². The molecule has 0 spiro atoms. The van der Waals surface area contributed by atoms with Gasteiger partial charge in [-0.25, -0.2) is 0 Å². The fourth-order valence-electron chi connectivity index (χ4n) is 2.57. The highest BCUT2D eigenvalue weighted by molar-refractivity contribution is 6.36. The van der Waals surface area contributed by atoms with Crippen LogP contribution in [0.15, 0.2) is 38.0 Å². The molecule has 7 heteroatoms. The zero-order valence-electron chi connectivity index (χ0n) is 17.0. The van der Waals surface area contributed by atoms with Gasteiger partial charge in [0.15, 0.2) is 0 Å². The first kappa shape index (κ1) is 28.0. The number of unbranched alkanes of at least 4 members (excludes halogenated alkanes) is 3. The molecule has 0 saturated heterocycles. The van der Waals surface area contributed by atoms with Gasteiger partial charge < -0.3 is 14.0 Å². The lowest BCUT2D eigenvalue weighted by atomic mass is 10.1. The lowest BCUT2D eigenvalue weighted by molar-refractivity contribution is 0.0335. The van der Waals surface area contributed by atoms with E-state index in [1.807, 2.05) is 0 Å². The molecule has 3 nitrogen and oxygen atoms in total. The Hall–Kier alpha value is 0.0349. The van der Waals surface area contributed by atoms with E-state index in [9.17, 15) is 0 Å². The summed E-state index contributed by atoms with van der Waals surface area (Å²) in [4.78, 5) is 0. The van der Waals surface area contributed by atoms with Gasteiger partial charge in [-0.15, -0.1) is 54.5 Å². The maximum atomic E-state index is 6.07. The Morgan fingerprint density at radius 3 is 1.07 bits per heavy atom. The molecule has 0 aromatic rings. The van der Waals surface area contributed by atoms with Crippen LogP contribution in [0.2, 0.25) is 0 Å². The number of hydrogen-bond acceptors (Lipinski definition) is 3. The smallest absolute Gasteiger partial charge is 0.380 e. The maximum absolute atomic E-state index is 6.07. The fourth-order valence-corrected chi connectivity index (χ4v) is 3.14. The first-order chi connectivity index (χ1) is 13.6. The summed E-state index contributed by atoms with van der Waals surface area (Å²) in [6, 6.07) is 0. The van der Waals surface area contributed by atoms with E-state index in [1.54, 1.807) is 18.2 Å². The molecule has 0 radical (unpaired) electrons. The Morgan fingerprint density at radius 1 is 0.571 bits per heavy atom. The molecule has 162 valence electrons. The molecule has 0 aromatic carbocycles. The first-order valence-electron chi connectivity index (χ1n) is 10.2. The van der Waals surface area contributed by atoms with Gasteiger partial charge in [0, 0.05) is 17.6 Å². The van der Waals surface area contributed by atoms with Gasteiger partial charge in [-0.1, -0.05) is 18.2 Å². The van der Waals surface area contributed by atoms with Gasteiger partial charge in [0.1, 0.15) is 0 Å². The normalized spacial score (nSPS) is 14.2. The molecule has 3 unspecified atom stereocenters. The van der Waals surface area contributed by atoms with Crippen molar-refractivity contribution in [1.29, 1.82) is 0 Å². The summed E-state index contributed by atoms with van der Waals surface area (Å²) in [6.45, 7) is 11.6. The summed E-state index contributed by atoms with van der Waals surface area (Å²) in [5.41, 5.74) is 0. The number of hydrogen-bond donors (Lipinski definition) is 0. The van der Waals surface area contributed by atoms with E-state index in [-0.39, 0.29) is 18.3 Å². The van der Waals surface area contributed by atoms with Gasteiger partial charge in [-0.2, -0.15) is 0 Å². The van der Waals surface area contributed by atoms with Crippen molar-refractivity contribution in [1.82, 2.24) is 0 Å². The van der Waals surface area contributed by atoms with Crippen molar-refractivity contribution in [2.45, 2.75) is 76.1 Å². The molecule has 0 amide bonds. The van der Waals surface area contributed by atoms with Gasteiger partial charge >= 0.3 is 7.32 Å². The Labute approximate surface area is 187 Å². The maximum Gasteiger partial charge on any atom is 0.640 e. The van der Waals surface area contributed by atoms with Crippen molar-refractivity contribution in [3.8, 4) is 0 Å². The van der Waals surface area contributed by atoms with Crippen LogP contribution in [0.3, 0.4) is 0 Å². The van der Waals surface area contributed by atoms with Crippen LogP contribution in [0.1, 0.15) is 57.8 Å². The number of halogens is 3. The van der Waals surface area contributed by atoms with E-state index in [4.69, 9.17) is 48.8 Å². The summed E-state index contributed by atoms with van der Waals surface area (Å²) in [5.74, 6) is 1.91. The van der Waals surface area contributed by atoms with Crippen molar-refractivity contribution in [2.24, 2.45) is 0 Å². The SMILES string of the molecule is C=CC(CCCCCl)OB(OC(C=C)CCCCCl)OC(C=C)CCCCCl. The van der Waals surface area contributed by atoms with Crippen molar-refractivity contribution >= 4 is 42.1 Å². The van der Waals surface area contributed by atoms with Gasteiger partial charge in [0.05, 0.1) is 18.3 Å². The molecule has 0 rings (SSSR count). The number of rotatable bonds is 21. The van der Waals surface area contributed by atoms with E-state index in [2.05, 4.69) is 19.7 Å². The van der Waals surface area contributed by atoms with E-state index >= 15 is 0 Å². The molecule has 0 aliphatic heterocycles. The third-order valence-electron chi connectivity index (χ3n) is 4.26. The van der Waals surface area contributed by atoms with Crippen molar-refractivity contribution in [2.75, 3.05) is 17.6 Å². The van der Waals surface area contributed by atoms with Crippen molar-refractivity contribution < 1.29 is 14.0 Å². The largest absolute Gasteiger partial charge is 0.640 e. The molecule has 0 aliphatic carbocycles. The molecule has 0 aromatic heterocycles. The van der Waals surface area contributed by atoms with Crippen LogP contribution in [0.4, 0.5) is 0 Å². The Kier molecular flexibility index (Phi) is 20.3. The standard InChI is InChI=1S/C21H36BCl3O3/c1-4-19(13-7-10-16-23)26-22(27-20(5-2)14-8-11-17-24)28-21(6-3)15-9-12-18-25/h4-6,19-21H,1-3,7-18H2. The minimum absolute atomic E-state index is 0.171. The molecule has 0 fully saturated rings. The quantitative estimate of drug-likeness (QED) is 0.0818. The molecule has 0 saturated carbocycles. The second-order valence-corrected chi connectivity index (χ2v) is 7.71. The van der Waals surface area contributed by atoms with E-state index < -0.39 is 7.32 Å².